The Morgan fingerprint density at radius 3 is 2.62 bits per heavy atom. The van der Waals surface area contributed by atoms with Crippen LogP contribution in [0.4, 0.5) is 0 Å². The molecule has 0 saturated carbocycles. The van der Waals surface area contributed by atoms with E-state index in [0.29, 0.717) is 32.8 Å². The summed E-state index contributed by atoms with van der Waals surface area (Å²) in [6, 6.07) is 10.4. The van der Waals surface area contributed by atoms with Crippen LogP contribution in [-0.2, 0) is 6.61 Å². The van der Waals surface area contributed by atoms with E-state index in [-0.39, 0.29) is 12.3 Å². The van der Waals surface area contributed by atoms with E-state index in [2.05, 4.69) is 15.4 Å². The Balaban J connectivity index is 1.83. The number of halogens is 2. The van der Waals surface area contributed by atoms with Crippen molar-refractivity contribution in [2.24, 2.45) is 5.73 Å². The van der Waals surface area contributed by atoms with Crippen molar-refractivity contribution in [3.05, 3.63) is 57.7 Å². The third kappa shape index (κ3) is 3.74. The monoisotopic (exact) mass is 392 g/mol. The zero-order valence-corrected chi connectivity index (χ0v) is 15.1. The Hall–Kier alpha value is -2.77. The number of ether oxygens (including phenoxy) is 2. The number of primary amides is 1. The number of aromatic nitrogens is 3. The molecule has 3 N–H and O–H groups in total. The molecule has 0 fully saturated rings. The molecule has 3 aromatic rings. The molecule has 0 radical (unpaired) electrons. The smallest absolute Gasteiger partial charge is 0.271 e. The van der Waals surface area contributed by atoms with Crippen LogP contribution in [0, 0.1) is 0 Å². The number of rotatable bonds is 6. The molecule has 1 aromatic heterocycles. The molecule has 3 rings (SSSR count). The minimum Gasteiger partial charge on any atom is -0.493 e. The molecule has 2 aromatic carbocycles. The van der Waals surface area contributed by atoms with Gasteiger partial charge in [-0.3, -0.25) is 4.79 Å². The minimum atomic E-state index is -0.673. The van der Waals surface area contributed by atoms with Crippen molar-refractivity contribution in [2.75, 3.05) is 7.11 Å². The summed E-state index contributed by atoms with van der Waals surface area (Å²) in [5, 5.41) is 11.0. The molecule has 7 nitrogen and oxygen atoms in total. The van der Waals surface area contributed by atoms with Crippen molar-refractivity contribution >= 4 is 29.1 Å². The zero-order chi connectivity index (χ0) is 18.7. The van der Waals surface area contributed by atoms with Crippen LogP contribution in [0.1, 0.15) is 16.1 Å². The van der Waals surface area contributed by atoms with Gasteiger partial charge in [0.2, 0.25) is 0 Å². The van der Waals surface area contributed by atoms with Gasteiger partial charge in [0.15, 0.2) is 17.2 Å². The highest BCUT2D eigenvalue weighted by Crippen LogP contribution is 2.33. The standard InChI is InChI=1S/C17H14Cl2N4O3/c1-25-14-7-10(15-16(17(20)24)22-23-21-15)3-5-13(14)26-8-9-2-4-11(18)12(19)6-9/h2-7H,8H2,1H3,(H2,20,24)(H,21,22,23). The van der Waals surface area contributed by atoms with E-state index in [9.17, 15) is 4.79 Å². The summed E-state index contributed by atoms with van der Waals surface area (Å²) in [6.45, 7) is 0.281. The number of benzene rings is 2. The van der Waals surface area contributed by atoms with Crippen LogP contribution in [-0.4, -0.2) is 28.4 Å². The number of aromatic amines is 1. The van der Waals surface area contributed by atoms with Crippen LogP contribution in [0.25, 0.3) is 11.3 Å². The van der Waals surface area contributed by atoms with E-state index in [0.717, 1.165) is 5.56 Å². The second-order valence-electron chi connectivity index (χ2n) is 5.29. The highest BCUT2D eigenvalue weighted by atomic mass is 35.5. The van der Waals surface area contributed by atoms with Gasteiger partial charge in [0, 0.05) is 5.56 Å². The van der Waals surface area contributed by atoms with Crippen molar-refractivity contribution in [3.63, 3.8) is 0 Å². The van der Waals surface area contributed by atoms with Gasteiger partial charge in [0.05, 0.1) is 17.2 Å². The van der Waals surface area contributed by atoms with E-state index >= 15 is 0 Å². The number of nitrogens with one attached hydrogen (secondary N) is 1. The number of methoxy groups -OCH3 is 1. The molecule has 0 aliphatic carbocycles. The van der Waals surface area contributed by atoms with Crippen molar-refractivity contribution in [1.82, 2.24) is 15.4 Å². The van der Waals surface area contributed by atoms with Crippen LogP contribution in [0.3, 0.4) is 0 Å². The first kappa shape index (κ1) is 18.0. The Kier molecular flexibility index (Phi) is 5.29. The van der Waals surface area contributed by atoms with Gasteiger partial charge < -0.3 is 15.2 Å². The van der Waals surface area contributed by atoms with Crippen molar-refractivity contribution in [3.8, 4) is 22.8 Å². The number of hydrogen-bond donors (Lipinski definition) is 2. The molecular formula is C17H14Cl2N4O3. The van der Waals surface area contributed by atoms with E-state index in [1.807, 2.05) is 6.07 Å². The van der Waals surface area contributed by atoms with Crippen LogP contribution in [0.15, 0.2) is 36.4 Å². The summed E-state index contributed by atoms with van der Waals surface area (Å²) < 4.78 is 11.2. The quantitative estimate of drug-likeness (QED) is 0.668. The third-order valence-corrected chi connectivity index (χ3v) is 4.34. The second kappa shape index (κ2) is 7.63. The average Bonchev–Trinajstić information content (AvgIpc) is 3.12. The molecule has 0 atom stereocenters. The maximum absolute atomic E-state index is 11.4. The third-order valence-electron chi connectivity index (χ3n) is 3.60. The van der Waals surface area contributed by atoms with Gasteiger partial charge in [-0.05, 0) is 35.9 Å². The summed E-state index contributed by atoms with van der Waals surface area (Å²) >= 11 is 11.9. The molecule has 0 unspecified atom stereocenters. The maximum atomic E-state index is 11.4. The van der Waals surface area contributed by atoms with E-state index in [1.165, 1.54) is 7.11 Å². The number of hydrogen-bond acceptors (Lipinski definition) is 5. The maximum Gasteiger partial charge on any atom is 0.271 e. The highest BCUT2D eigenvalue weighted by Gasteiger charge is 2.17. The molecule has 1 heterocycles. The summed E-state index contributed by atoms with van der Waals surface area (Å²) in [5.41, 5.74) is 7.16. The van der Waals surface area contributed by atoms with Gasteiger partial charge in [-0.1, -0.05) is 29.3 Å². The fraction of sp³-hybridized carbons (Fsp3) is 0.118. The predicted octanol–water partition coefficient (Wildman–Crippen LogP) is 3.47. The lowest BCUT2D eigenvalue weighted by Crippen LogP contribution is -2.12. The Labute approximate surface area is 159 Å². The van der Waals surface area contributed by atoms with Crippen LogP contribution in [0.5, 0.6) is 11.5 Å². The predicted molar refractivity (Wildman–Crippen MR) is 97.7 cm³/mol. The number of carbonyl (C=O) groups excluding carboxylic acids is 1. The fourth-order valence-corrected chi connectivity index (χ4v) is 2.65. The summed E-state index contributed by atoms with van der Waals surface area (Å²) in [5.74, 6) is 0.320. The van der Waals surface area contributed by atoms with Crippen molar-refractivity contribution in [2.45, 2.75) is 6.61 Å². The summed E-state index contributed by atoms with van der Waals surface area (Å²) in [4.78, 5) is 11.4. The van der Waals surface area contributed by atoms with Crippen LogP contribution >= 0.6 is 23.2 Å². The van der Waals surface area contributed by atoms with Gasteiger partial charge in [0.25, 0.3) is 5.91 Å². The van der Waals surface area contributed by atoms with Crippen LogP contribution in [0.2, 0.25) is 10.0 Å². The van der Waals surface area contributed by atoms with Crippen LogP contribution < -0.4 is 15.2 Å². The molecule has 134 valence electrons. The SMILES string of the molecule is COc1cc(-c2n[nH]nc2C(N)=O)ccc1OCc1ccc(Cl)c(Cl)c1. The molecule has 1 amide bonds. The topological polar surface area (TPSA) is 103 Å². The Bertz CT molecular complexity index is 959. The lowest BCUT2D eigenvalue weighted by Gasteiger charge is -2.12. The number of nitrogens with two attached hydrogens (primary N) is 1. The van der Waals surface area contributed by atoms with Gasteiger partial charge in [-0.15, -0.1) is 0 Å². The molecular weight excluding hydrogens is 379 g/mol. The Morgan fingerprint density at radius 1 is 1.12 bits per heavy atom. The van der Waals surface area contributed by atoms with E-state index in [1.54, 1.807) is 30.3 Å². The number of nitrogens with zero attached hydrogens (tertiary/aromatic N) is 2. The van der Waals surface area contributed by atoms with Gasteiger partial charge in [-0.2, -0.15) is 15.4 Å². The van der Waals surface area contributed by atoms with E-state index in [4.69, 9.17) is 38.4 Å². The lowest BCUT2D eigenvalue weighted by atomic mass is 10.1. The number of carbonyl (C=O) groups is 1. The number of H-pyrrole nitrogens is 1. The molecule has 0 spiro atoms. The first-order chi connectivity index (χ1) is 12.5. The highest BCUT2D eigenvalue weighted by molar-refractivity contribution is 6.42. The second-order valence-corrected chi connectivity index (χ2v) is 6.10. The largest absolute Gasteiger partial charge is 0.493 e. The molecule has 26 heavy (non-hydrogen) atoms. The number of amides is 1. The molecule has 0 bridgehead atoms. The van der Waals surface area contributed by atoms with E-state index < -0.39 is 5.91 Å². The Morgan fingerprint density at radius 2 is 1.92 bits per heavy atom. The summed E-state index contributed by atoms with van der Waals surface area (Å²) in [6.07, 6.45) is 0. The first-order valence-electron chi connectivity index (χ1n) is 7.45. The zero-order valence-electron chi connectivity index (χ0n) is 13.6. The van der Waals surface area contributed by atoms with Crippen molar-refractivity contribution in [1.29, 1.82) is 0 Å². The molecule has 0 saturated heterocycles. The minimum absolute atomic E-state index is 0.0523. The van der Waals surface area contributed by atoms with Gasteiger partial charge in [0.1, 0.15) is 12.3 Å². The first-order valence-corrected chi connectivity index (χ1v) is 8.21. The summed E-state index contributed by atoms with van der Waals surface area (Å²) in [7, 11) is 1.52. The fourth-order valence-electron chi connectivity index (χ4n) is 2.33. The molecule has 9 heteroatoms. The van der Waals surface area contributed by atoms with Gasteiger partial charge in [-0.25, -0.2) is 0 Å². The molecule has 0 aliphatic heterocycles. The normalized spacial score (nSPS) is 10.6. The van der Waals surface area contributed by atoms with Gasteiger partial charge >= 0.3 is 0 Å². The average molecular weight is 393 g/mol. The van der Waals surface area contributed by atoms with Crippen molar-refractivity contribution < 1.29 is 14.3 Å². The lowest BCUT2D eigenvalue weighted by molar-refractivity contribution is 0.0996. The molecule has 0 aliphatic rings.